The van der Waals surface area contributed by atoms with Gasteiger partial charge in [-0.1, -0.05) is 18.2 Å². The van der Waals surface area contributed by atoms with Gasteiger partial charge in [0.15, 0.2) is 0 Å². The van der Waals surface area contributed by atoms with E-state index in [9.17, 15) is 4.39 Å². The Balaban J connectivity index is 1.48. The van der Waals surface area contributed by atoms with Gasteiger partial charge in [-0.3, -0.25) is 14.6 Å². The molecule has 0 aliphatic carbocycles. The van der Waals surface area contributed by atoms with Crippen LogP contribution in [0, 0.1) is 19.7 Å². The molecule has 158 valence electrons. The lowest BCUT2D eigenvalue weighted by atomic mass is 10.0. The third kappa shape index (κ3) is 4.31. The zero-order chi connectivity index (χ0) is 21.3. The summed E-state index contributed by atoms with van der Waals surface area (Å²) in [5, 5.41) is 4.76. The molecule has 30 heavy (non-hydrogen) atoms. The molecule has 0 N–H and O–H groups in total. The molecular weight excluding hydrogens is 375 g/mol. The lowest BCUT2D eigenvalue weighted by Crippen LogP contribution is -2.24. The van der Waals surface area contributed by atoms with Crippen LogP contribution in [-0.4, -0.2) is 26.2 Å². The van der Waals surface area contributed by atoms with E-state index in [-0.39, 0.29) is 5.82 Å². The van der Waals surface area contributed by atoms with Crippen LogP contribution in [0.1, 0.15) is 72.5 Å². The highest BCUT2D eigenvalue weighted by Crippen LogP contribution is 2.33. The molecule has 3 aromatic rings. The highest BCUT2D eigenvalue weighted by Gasteiger charge is 2.28. The molecule has 1 unspecified atom stereocenters. The Hall–Kier alpha value is -2.53. The second-order valence-electron chi connectivity index (χ2n) is 8.71. The van der Waals surface area contributed by atoms with Crippen LogP contribution in [0.2, 0.25) is 0 Å². The smallest absolute Gasteiger partial charge is 0.123 e. The molecule has 0 bridgehead atoms. The molecule has 5 heteroatoms. The van der Waals surface area contributed by atoms with Gasteiger partial charge in [0, 0.05) is 30.0 Å². The van der Waals surface area contributed by atoms with Crippen molar-refractivity contribution in [1.29, 1.82) is 0 Å². The average Bonchev–Trinajstić information content (AvgIpc) is 3.30. The lowest BCUT2D eigenvalue weighted by molar-refractivity contribution is 0.243. The maximum atomic E-state index is 13.1. The molecule has 1 saturated heterocycles. The van der Waals surface area contributed by atoms with Crippen LogP contribution >= 0.6 is 0 Å². The minimum Gasteiger partial charge on any atom is -0.290 e. The minimum absolute atomic E-state index is 0.196. The van der Waals surface area contributed by atoms with Crippen molar-refractivity contribution in [3.05, 3.63) is 82.2 Å². The Kier molecular flexibility index (Phi) is 6.00. The number of nitrogens with zero attached hydrogens (tertiary/aromatic N) is 4. The maximum Gasteiger partial charge on any atom is 0.123 e. The average molecular weight is 407 g/mol. The van der Waals surface area contributed by atoms with Gasteiger partial charge in [0.1, 0.15) is 5.82 Å². The summed E-state index contributed by atoms with van der Waals surface area (Å²) in [5.74, 6) is -0.196. The van der Waals surface area contributed by atoms with Gasteiger partial charge in [0.25, 0.3) is 0 Å². The van der Waals surface area contributed by atoms with Crippen molar-refractivity contribution >= 4 is 0 Å². The van der Waals surface area contributed by atoms with Gasteiger partial charge < -0.3 is 0 Å². The zero-order valence-corrected chi connectivity index (χ0v) is 18.4. The Morgan fingerprint density at radius 3 is 2.43 bits per heavy atom. The van der Waals surface area contributed by atoms with E-state index < -0.39 is 0 Å². The van der Waals surface area contributed by atoms with Gasteiger partial charge in [0.2, 0.25) is 0 Å². The number of aromatic nitrogens is 3. The summed E-state index contributed by atoms with van der Waals surface area (Å²) < 4.78 is 15.2. The molecule has 1 aromatic carbocycles. The predicted octanol–water partition coefficient (Wildman–Crippen LogP) is 5.54. The summed E-state index contributed by atoms with van der Waals surface area (Å²) in [4.78, 5) is 7.35. The summed E-state index contributed by atoms with van der Waals surface area (Å²) in [6.07, 6.45) is 5.08. The fourth-order valence-corrected chi connectivity index (χ4v) is 4.56. The molecule has 0 saturated carbocycles. The van der Waals surface area contributed by atoms with Crippen molar-refractivity contribution < 1.29 is 4.39 Å². The molecule has 1 aliphatic rings. The molecule has 4 rings (SSSR count). The quantitative estimate of drug-likeness (QED) is 0.539. The van der Waals surface area contributed by atoms with Crippen molar-refractivity contribution in [3.63, 3.8) is 0 Å². The molecule has 2 aromatic heterocycles. The van der Waals surface area contributed by atoms with E-state index in [0.717, 1.165) is 48.4 Å². The van der Waals surface area contributed by atoms with E-state index in [4.69, 9.17) is 10.1 Å². The first kappa shape index (κ1) is 20.7. The second kappa shape index (κ2) is 8.68. The first-order chi connectivity index (χ1) is 14.4. The molecule has 0 spiro atoms. The number of halogens is 1. The van der Waals surface area contributed by atoms with Crippen molar-refractivity contribution in [1.82, 2.24) is 19.7 Å². The van der Waals surface area contributed by atoms with Gasteiger partial charge in [-0.15, -0.1) is 0 Å². The molecule has 4 nitrogen and oxygen atoms in total. The van der Waals surface area contributed by atoms with Gasteiger partial charge in [-0.05, 0) is 82.8 Å². The molecular formula is C25H31FN4. The lowest BCUT2D eigenvalue weighted by Gasteiger charge is -2.24. The maximum absolute atomic E-state index is 13.1. The van der Waals surface area contributed by atoms with E-state index in [1.54, 1.807) is 0 Å². The van der Waals surface area contributed by atoms with E-state index in [2.05, 4.69) is 49.4 Å². The fraction of sp³-hybridized carbons (Fsp3) is 0.440. The largest absolute Gasteiger partial charge is 0.290 e. The highest BCUT2D eigenvalue weighted by atomic mass is 19.1. The highest BCUT2D eigenvalue weighted by molar-refractivity contribution is 5.28. The van der Waals surface area contributed by atoms with Crippen LogP contribution in [0.25, 0.3) is 0 Å². The third-order valence-corrected chi connectivity index (χ3v) is 6.20. The van der Waals surface area contributed by atoms with Crippen LogP contribution in [0.5, 0.6) is 0 Å². The summed E-state index contributed by atoms with van der Waals surface area (Å²) >= 11 is 0. The summed E-state index contributed by atoms with van der Waals surface area (Å²) in [5.41, 5.74) is 7.15. The summed E-state index contributed by atoms with van der Waals surface area (Å²) in [7, 11) is 0. The Bertz CT molecular complexity index is 989. The Labute approximate surface area is 178 Å². The monoisotopic (exact) mass is 406 g/mol. The Morgan fingerprint density at radius 2 is 1.80 bits per heavy atom. The van der Waals surface area contributed by atoms with Gasteiger partial charge in [-0.2, -0.15) is 5.10 Å². The van der Waals surface area contributed by atoms with Gasteiger partial charge in [0.05, 0.1) is 17.4 Å². The number of pyridine rings is 1. The first-order valence-corrected chi connectivity index (χ1v) is 10.9. The van der Waals surface area contributed by atoms with Gasteiger partial charge in [-0.25, -0.2) is 4.39 Å². The van der Waals surface area contributed by atoms with Crippen molar-refractivity contribution in [3.8, 4) is 0 Å². The number of likely N-dealkylation sites (tertiary alicyclic amines) is 1. The molecule has 0 amide bonds. The number of hydrogen-bond acceptors (Lipinski definition) is 3. The van der Waals surface area contributed by atoms with Crippen molar-refractivity contribution in [2.24, 2.45) is 0 Å². The van der Waals surface area contributed by atoms with Crippen LogP contribution < -0.4 is 0 Å². The summed E-state index contributed by atoms with van der Waals surface area (Å²) in [6, 6.07) is 11.8. The predicted molar refractivity (Wildman–Crippen MR) is 118 cm³/mol. The van der Waals surface area contributed by atoms with E-state index in [1.807, 2.05) is 18.3 Å². The molecule has 0 radical (unpaired) electrons. The number of aryl methyl sites for hydroxylation is 1. The molecule has 1 fully saturated rings. The van der Waals surface area contributed by atoms with E-state index in [1.165, 1.54) is 29.8 Å². The fourth-order valence-electron chi connectivity index (χ4n) is 4.56. The van der Waals surface area contributed by atoms with Crippen LogP contribution in [0.4, 0.5) is 4.39 Å². The number of benzene rings is 1. The van der Waals surface area contributed by atoms with Crippen molar-refractivity contribution in [2.75, 3.05) is 6.54 Å². The van der Waals surface area contributed by atoms with E-state index in [0.29, 0.717) is 12.1 Å². The second-order valence-corrected chi connectivity index (χ2v) is 8.71. The first-order valence-electron chi connectivity index (χ1n) is 10.9. The van der Waals surface area contributed by atoms with Crippen molar-refractivity contribution in [2.45, 2.75) is 65.6 Å². The molecule has 1 atom stereocenters. The molecule has 1 aliphatic heterocycles. The molecule has 3 heterocycles. The standard InChI is InChI=1S/C25H31FN4/c1-17(2)30-19(4)23(18(3)28-30)16-29-13-5-6-25(29)24-12-9-21(15-27-24)14-20-7-10-22(26)11-8-20/h7-12,15,17,25H,5-6,13-14,16H2,1-4H3. The van der Waals surface area contributed by atoms with Gasteiger partial charge >= 0.3 is 0 Å². The van der Waals surface area contributed by atoms with Crippen LogP contribution in [0.15, 0.2) is 42.6 Å². The normalized spacial score (nSPS) is 17.2. The minimum atomic E-state index is -0.196. The van der Waals surface area contributed by atoms with Crippen LogP contribution in [-0.2, 0) is 13.0 Å². The SMILES string of the molecule is Cc1nn(C(C)C)c(C)c1CN1CCCC1c1ccc(Cc2ccc(F)cc2)cn1. The summed E-state index contributed by atoms with van der Waals surface area (Å²) in [6.45, 7) is 10.7. The van der Waals surface area contributed by atoms with E-state index >= 15 is 0 Å². The Morgan fingerprint density at radius 1 is 1.07 bits per heavy atom. The topological polar surface area (TPSA) is 34.0 Å². The van der Waals surface area contributed by atoms with Crippen LogP contribution in [0.3, 0.4) is 0 Å². The number of hydrogen-bond donors (Lipinski definition) is 0. The third-order valence-electron chi connectivity index (χ3n) is 6.20. The zero-order valence-electron chi connectivity index (χ0n) is 18.4. The number of rotatable bonds is 6.